The quantitative estimate of drug-likeness (QED) is 0.271. The van der Waals surface area contributed by atoms with E-state index < -0.39 is 0 Å². The summed E-state index contributed by atoms with van der Waals surface area (Å²) in [7, 11) is 3.28. The van der Waals surface area contributed by atoms with Gasteiger partial charge in [0.15, 0.2) is 11.0 Å². The molecule has 1 amide bonds. The molecule has 0 unspecified atom stereocenters. The van der Waals surface area contributed by atoms with Crippen LogP contribution in [0.4, 0.5) is 5.69 Å². The standard InChI is InChI=1S/C27H29N5O3S/c1-34-23-12-8-20(9-13-23)18-29-26(33)16-17-36-27-31-30-25(32(27)22-6-4-3-5-7-22)19-28-21-10-14-24(35-2)15-11-21/h3-15,28H,16-19H2,1-2H3,(H,29,33). The Hall–Kier alpha value is -3.98. The highest BCUT2D eigenvalue weighted by molar-refractivity contribution is 7.99. The maximum absolute atomic E-state index is 12.4. The Balaban J connectivity index is 1.35. The van der Waals surface area contributed by atoms with Crippen LogP contribution in [0.1, 0.15) is 17.8 Å². The number of aromatic nitrogens is 3. The number of hydrogen-bond donors (Lipinski definition) is 2. The van der Waals surface area contributed by atoms with Gasteiger partial charge < -0.3 is 20.1 Å². The van der Waals surface area contributed by atoms with Gasteiger partial charge in [-0.25, -0.2) is 0 Å². The summed E-state index contributed by atoms with van der Waals surface area (Å²) in [6.07, 6.45) is 0.377. The second-order valence-corrected chi connectivity index (χ2v) is 8.94. The third kappa shape index (κ3) is 6.79. The predicted octanol–water partition coefficient (Wildman–Crippen LogP) is 4.70. The van der Waals surface area contributed by atoms with E-state index in [1.165, 1.54) is 11.8 Å². The van der Waals surface area contributed by atoms with Crippen molar-refractivity contribution in [3.05, 3.63) is 90.3 Å². The van der Waals surface area contributed by atoms with Crippen LogP contribution in [0.3, 0.4) is 0 Å². The van der Waals surface area contributed by atoms with Crippen molar-refractivity contribution < 1.29 is 14.3 Å². The Bertz CT molecular complexity index is 1240. The molecule has 0 bridgehead atoms. The maximum atomic E-state index is 12.4. The van der Waals surface area contributed by atoms with Gasteiger partial charge in [0.05, 0.1) is 20.8 Å². The zero-order valence-electron chi connectivity index (χ0n) is 20.3. The minimum absolute atomic E-state index is 0.00881. The normalized spacial score (nSPS) is 10.6. The fourth-order valence-corrected chi connectivity index (χ4v) is 4.41. The summed E-state index contributed by atoms with van der Waals surface area (Å²) in [5, 5.41) is 15.9. The lowest BCUT2D eigenvalue weighted by molar-refractivity contribution is -0.120. The van der Waals surface area contributed by atoms with Gasteiger partial charge in [-0.15, -0.1) is 10.2 Å². The van der Waals surface area contributed by atoms with Crippen molar-refractivity contribution in [3.63, 3.8) is 0 Å². The number of hydrogen-bond acceptors (Lipinski definition) is 7. The van der Waals surface area contributed by atoms with Gasteiger partial charge in [-0.3, -0.25) is 9.36 Å². The maximum Gasteiger partial charge on any atom is 0.221 e. The highest BCUT2D eigenvalue weighted by Gasteiger charge is 2.15. The van der Waals surface area contributed by atoms with Gasteiger partial charge in [0.1, 0.15) is 11.5 Å². The van der Waals surface area contributed by atoms with Crippen LogP contribution in [0.5, 0.6) is 11.5 Å². The summed E-state index contributed by atoms with van der Waals surface area (Å²) in [5.41, 5.74) is 2.95. The Morgan fingerprint density at radius 1 is 0.861 bits per heavy atom. The number of anilines is 1. The number of methoxy groups -OCH3 is 2. The average molecular weight is 504 g/mol. The van der Waals surface area contributed by atoms with Gasteiger partial charge in [-0.05, 0) is 54.1 Å². The Labute approximate surface area is 215 Å². The van der Waals surface area contributed by atoms with E-state index in [2.05, 4.69) is 20.8 Å². The van der Waals surface area contributed by atoms with Crippen LogP contribution in [0.25, 0.3) is 5.69 Å². The molecule has 0 saturated carbocycles. The number of rotatable bonds is 12. The molecule has 0 aliphatic carbocycles. The number of nitrogens with zero attached hydrogens (tertiary/aromatic N) is 3. The number of benzene rings is 3. The van der Waals surface area contributed by atoms with E-state index in [9.17, 15) is 4.79 Å². The van der Waals surface area contributed by atoms with E-state index >= 15 is 0 Å². The third-order valence-electron chi connectivity index (χ3n) is 5.46. The minimum atomic E-state index is -0.00881. The second-order valence-electron chi connectivity index (χ2n) is 7.88. The summed E-state index contributed by atoms with van der Waals surface area (Å²) < 4.78 is 12.4. The smallest absolute Gasteiger partial charge is 0.221 e. The lowest BCUT2D eigenvalue weighted by Gasteiger charge is -2.12. The first-order valence-electron chi connectivity index (χ1n) is 11.6. The molecule has 0 atom stereocenters. The van der Waals surface area contributed by atoms with E-state index in [0.29, 0.717) is 25.3 Å². The molecule has 186 valence electrons. The first-order chi connectivity index (χ1) is 17.7. The van der Waals surface area contributed by atoms with Gasteiger partial charge in [0.2, 0.25) is 5.91 Å². The van der Waals surface area contributed by atoms with Crippen molar-refractivity contribution in [3.8, 4) is 17.2 Å². The van der Waals surface area contributed by atoms with Gasteiger partial charge in [0.25, 0.3) is 0 Å². The highest BCUT2D eigenvalue weighted by Crippen LogP contribution is 2.24. The number of ether oxygens (including phenoxy) is 2. The van der Waals surface area contributed by atoms with E-state index in [0.717, 1.165) is 39.4 Å². The molecule has 0 aliphatic rings. The fraction of sp³-hybridized carbons (Fsp3) is 0.222. The molecule has 0 spiro atoms. The van der Waals surface area contributed by atoms with Crippen molar-refractivity contribution in [1.29, 1.82) is 0 Å². The van der Waals surface area contributed by atoms with Crippen molar-refractivity contribution in [2.24, 2.45) is 0 Å². The molecule has 36 heavy (non-hydrogen) atoms. The van der Waals surface area contributed by atoms with Gasteiger partial charge in [0, 0.05) is 30.1 Å². The second kappa shape index (κ2) is 12.6. The first kappa shape index (κ1) is 25.1. The molecule has 4 aromatic rings. The molecular formula is C27H29N5O3S. The molecular weight excluding hydrogens is 474 g/mol. The molecule has 1 aromatic heterocycles. The number of thioether (sulfide) groups is 1. The molecule has 2 N–H and O–H groups in total. The average Bonchev–Trinajstić information content (AvgIpc) is 3.34. The minimum Gasteiger partial charge on any atom is -0.497 e. The van der Waals surface area contributed by atoms with Crippen LogP contribution in [0.15, 0.2) is 84.0 Å². The number of carbonyl (C=O) groups is 1. The number of carbonyl (C=O) groups excluding carboxylic acids is 1. The summed E-state index contributed by atoms with van der Waals surface area (Å²) in [6.45, 7) is 0.978. The van der Waals surface area contributed by atoms with Crippen LogP contribution in [-0.2, 0) is 17.9 Å². The van der Waals surface area contributed by atoms with Crippen LogP contribution in [-0.4, -0.2) is 40.6 Å². The Morgan fingerprint density at radius 2 is 1.53 bits per heavy atom. The lowest BCUT2D eigenvalue weighted by Crippen LogP contribution is -2.23. The largest absolute Gasteiger partial charge is 0.497 e. The van der Waals surface area contributed by atoms with Crippen molar-refractivity contribution in [1.82, 2.24) is 20.1 Å². The highest BCUT2D eigenvalue weighted by atomic mass is 32.2. The summed E-state index contributed by atoms with van der Waals surface area (Å²) in [5.74, 6) is 2.96. The zero-order chi connectivity index (χ0) is 25.2. The first-order valence-corrected chi connectivity index (χ1v) is 12.5. The summed E-state index contributed by atoms with van der Waals surface area (Å²) in [6, 6.07) is 25.4. The van der Waals surface area contributed by atoms with Crippen molar-refractivity contribution in [2.75, 3.05) is 25.3 Å². The third-order valence-corrected chi connectivity index (χ3v) is 6.40. The number of para-hydroxylation sites is 1. The molecule has 3 aromatic carbocycles. The molecule has 9 heteroatoms. The molecule has 0 saturated heterocycles. The van der Waals surface area contributed by atoms with E-state index in [4.69, 9.17) is 9.47 Å². The monoisotopic (exact) mass is 503 g/mol. The topological polar surface area (TPSA) is 90.3 Å². The molecule has 8 nitrogen and oxygen atoms in total. The van der Waals surface area contributed by atoms with Crippen LogP contribution in [0.2, 0.25) is 0 Å². The molecule has 0 radical (unpaired) electrons. The Kier molecular flexibility index (Phi) is 8.82. The van der Waals surface area contributed by atoms with Crippen LogP contribution < -0.4 is 20.1 Å². The zero-order valence-corrected chi connectivity index (χ0v) is 21.1. The number of amides is 1. The summed E-state index contributed by atoms with van der Waals surface area (Å²) in [4.78, 5) is 12.4. The fourth-order valence-electron chi connectivity index (χ4n) is 3.50. The van der Waals surface area contributed by atoms with Crippen LogP contribution in [0, 0.1) is 0 Å². The van der Waals surface area contributed by atoms with Crippen LogP contribution >= 0.6 is 11.8 Å². The molecule has 0 fully saturated rings. The Morgan fingerprint density at radius 3 is 2.19 bits per heavy atom. The SMILES string of the molecule is COc1ccc(CNC(=O)CCSc2nnc(CNc3ccc(OC)cc3)n2-c2ccccc2)cc1. The van der Waals surface area contributed by atoms with E-state index in [1.807, 2.05) is 83.4 Å². The van der Waals surface area contributed by atoms with Gasteiger partial charge in [-0.1, -0.05) is 42.1 Å². The molecule has 1 heterocycles. The van der Waals surface area contributed by atoms with Gasteiger partial charge >= 0.3 is 0 Å². The van der Waals surface area contributed by atoms with E-state index in [1.54, 1.807) is 14.2 Å². The lowest BCUT2D eigenvalue weighted by atomic mass is 10.2. The van der Waals surface area contributed by atoms with Crippen molar-refractivity contribution in [2.45, 2.75) is 24.7 Å². The molecule has 0 aliphatic heterocycles. The van der Waals surface area contributed by atoms with E-state index in [-0.39, 0.29) is 5.91 Å². The summed E-state index contributed by atoms with van der Waals surface area (Å²) >= 11 is 1.51. The number of nitrogens with one attached hydrogen (secondary N) is 2. The molecule has 4 rings (SSSR count). The predicted molar refractivity (Wildman–Crippen MR) is 142 cm³/mol. The van der Waals surface area contributed by atoms with Crippen molar-refractivity contribution >= 4 is 23.4 Å². The van der Waals surface area contributed by atoms with Gasteiger partial charge in [-0.2, -0.15) is 0 Å².